The number of aryl methyl sites for hydroxylation is 1. The Bertz CT molecular complexity index is 936. The number of amides is 1. The second-order valence-electron chi connectivity index (χ2n) is 5.98. The van der Waals surface area contributed by atoms with Crippen LogP contribution in [0.1, 0.15) is 12.5 Å². The fourth-order valence-electron chi connectivity index (χ4n) is 2.74. The van der Waals surface area contributed by atoms with Gasteiger partial charge in [-0.15, -0.1) is 0 Å². The number of benzene rings is 2. The van der Waals surface area contributed by atoms with Crippen molar-refractivity contribution in [3.63, 3.8) is 0 Å². The molecular weight excluding hydrogens is 302 g/mol. The standard InChI is InChI=1S/C18H17N5O/c1-10-3-5-12(6-4-10)22-17-13-7-15-16(8-14(13)19-9-20-17)21-11(2)18(24)23-15/h3-9,11,21H,1-2H3,(H,23,24)(H,19,20,22)/t11-/m0/s1. The van der Waals surface area contributed by atoms with Crippen LogP contribution in [0.15, 0.2) is 42.7 Å². The lowest BCUT2D eigenvalue weighted by molar-refractivity contribution is -0.116. The fraction of sp³-hybridized carbons (Fsp3) is 0.167. The first-order valence-corrected chi connectivity index (χ1v) is 7.80. The minimum atomic E-state index is -0.262. The number of hydrogen-bond donors (Lipinski definition) is 3. The molecule has 0 bridgehead atoms. The van der Waals surface area contributed by atoms with Crippen molar-refractivity contribution < 1.29 is 4.79 Å². The number of fused-ring (bicyclic) bond motifs is 2. The summed E-state index contributed by atoms with van der Waals surface area (Å²) < 4.78 is 0. The maximum absolute atomic E-state index is 11.9. The highest BCUT2D eigenvalue weighted by atomic mass is 16.2. The van der Waals surface area contributed by atoms with Crippen LogP contribution < -0.4 is 16.0 Å². The van der Waals surface area contributed by atoms with E-state index in [-0.39, 0.29) is 11.9 Å². The van der Waals surface area contributed by atoms with Gasteiger partial charge in [-0.05, 0) is 38.1 Å². The maximum Gasteiger partial charge on any atom is 0.246 e. The minimum absolute atomic E-state index is 0.0493. The topological polar surface area (TPSA) is 78.9 Å². The third-order valence-corrected chi connectivity index (χ3v) is 4.11. The molecule has 0 radical (unpaired) electrons. The molecule has 3 aromatic rings. The van der Waals surface area contributed by atoms with Crippen LogP contribution in [-0.2, 0) is 4.79 Å². The first-order chi connectivity index (χ1) is 11.6. The molecular formula is C18H17N5O. The molecule has 1 aliphatic rings. The van der Waals surface area contributed by atoms with Gasteiger partial charge in [0.25, 0.3) is 0 Å². The van der Waals surface area contributed by atoms with Crippen LogP contribution in [0.25, 0.3) is 10.9 Å². The lowest BCUT2D eigenvalue weighted by Crippen LogP contribution is -2.36. The summed E-state index contributed by atoms with van der Waals surface area (Å²) in [6, 6.07) is 11.7. The molecule has 1 atom stereocenters. The Morgan fingerprint density at radius 2 is 1.88 bits per heavy atom. The van der Waals surface area contributed by atoms with Gasteiger partial charge in [0.1, 0.15) is 18.2 Å². The van der Waals surface area contributed by atoms with Crippen molar-refractivity contribution in [2.45, 2.75) is 19.9 Å². The number of aromatic nitrogens is 2. The lowest BCUT2D eigenvalue weighted by Gasteiger charge is -2.24. The summed E-state index contributed by atoms with van der Waals surface area (Å²) in [5, 5.41) is 10.3. The Labute approximate surface area is 139 Å². The van der Waals surface area contributed by atoms with E-state index in [0.29, 0.717) is 5.82 Å². The predicted octanol–water partition coefficient (Wildman–Crippen LogP) is 3.43. The quantitative estimate of drug-likeness (QED) is 0.674. The zero-order valence-corrected chi connectivity index (χ0v) is 13.4. The van der Waals surface area contributed by atoms with E-state index < -0.39 is 0 Å². The summed E-state index contributed by atoms with van der Waals surface area (Å²) in [6.07, 6.45) is 1.54. The van der Waals surface area contributed by atoms with E-state index in [1.165, 1.54) is 11.9 Å². The molecule has 1 aliphatic heterocycles. The average molecular weight is 319 g/mol. The van der Waals surface area contributed by atoms with Crippen LogP contribution in [0.2, 0.25) is 0 Å². The van der Waals surface area contributed by atoms with E-state index in [4.69, 9.17) is 0 Å². The molecule has 3 N–H and O–H groups in total. The summed E-state index contributed by atoms with van der Waals surface area (Å²) in [5.41, 5.74) is 4.58. The van der Waals surface area contributed by atoms with E-state index in [0.717, 1.165) is 28.0 Å². The van der Waals surface area contributed by atoms with Crippen LogP contribution >= 0.6 is 0 Å². The van der Waals surface area contributed by atoms with Gasteiger partial charge in [0.05, 0.1) is 16.9 Å². The largest absolute Gasteiger partial charge is 0.372 e. The molecule has 6 nitrogen and oxygen atoms in total. The van der Waals surface area contributed by atoms with Gasteiger partial charge in [0.2, 0.25) is 5.91 Å². The number of anilines is 4. The number of carbonyl (C=O) groups excluding carboxylic acids is 1. The van der Waals surface area contributed by atoms with Crippen molar-refractivity contribution in [1.82, 2.24) is 9.97 Å². The number of carbonyl (C=O) groups is 1. The van der Waals surface area contributed by atoms with Crippen LogP contribution in [0.3, 0.4) is 0 Å². The van der Waals surface area contributed by atoms with Gasteiger partial charge >= 0.3 is 0 Å². The van der Waals surface area contributed by atoms with Crippen LogP contribution in [0.5, 0.6) is 0 Å². The number of nitrogens with one attached hydrogen (secondary N) is 3. The van der Waals surface area contributed by atoms with E-state index in [2.05, 4.69) is 25.9 Å². The number of rotatable bonds is 2. The molecule has 6 heteroatoms. The van der Waals surface area contributed by atoms with Crippen LogP contribution in [0, 0.1) is 6.92 Å². The summed E-state index contributed by atoms with van der Waals surface area (Å²) in [7, 11) is 0. The molecule has 24 heavy (non-hydrogen) atoms. The third-order valence-electron chi connectivity index (χ3n) is 4.11. The van der Waals surface area contributed by atoms with Gasteiger partial charge in [0, 0.05) is 11.1 Å². The Hall–Kier alpha value is -3.15. The van der Waals surface area contributed by atoms with Crippen molar-refractivity contribution in [1.29, 1.82) is 0 Å². The summed E-state index contributed by atoms with van der Waals surface area (Å²) in [5.74, 6) is 0.659. The Morgan fingerprint density at radius 1 is 1.08 bits per heavy atom. The molecule has 1 amide bonds. The Balaban J connectivity index is 1.78. The zero-order chi connectivity index (χ0) is 16.7. The van der Waals surface area contributed by atoms with E-state index in [1.54, 1.807) is 0 Å². The molecule has 1 aromatic heterocycles. The monoisotopic (exact) mass is 319 g/mol. The molecule has 0 aliphatic carbocycles. The third kappa shape index (κ3) is 2.52. The molecule has 0 saturated carbocycles. The average Bonchev–Trinajstić information content (AvgIpc) is 2.57. The highest BCUT2D eigenvalue weighted by molar-refractivity contribution is 6.07. The van der Waals surface area contributed by atoms with Crippen molar-refractivity contribution in [2.75, 3.05) is 16.0 Å². The molecule has 0 spiro atoms. The van der Waals surface area contributed by atoms with Crippen molar-refractivity contribution >= 4 is 39.7 Å². The second kappa shape index (κ2) is 5.49. The van der Waals surface area contributed by atoms with Crippen LogP contribution in [-0.4, -0.2) is 21.9 Å². The first-order valence-electron chi connectivity index (χ1n) is 7.80. The van der Waals surface area contributed by atoms with Gasteiger partial charge < -0.3 is 16.0 Å². The van der Waals surface area contributed by atoms with Crippen molar-refractivity contribution in [2.24, 2.45) is 0 Å². The lowest BCUT2D eigenvalue weighted by atomic mass is 10.1. The summed E-state index contributed by atoms with van der Waals surface area (Å²) in [6.45, 7) is 3.87. The minimum Gasteiger partial charge on any atom is -0.372 e. The van der Waals surface area contributed by atoms with Crippen LogP contribution in [0.4, 0.5) is 22.9 Å². The molecule has 4 rings (SSSR count). The molecule has 120 valence electrons. The summed E-state index contributed by atoms with van der Waals surface area (Å²) in [4.78, 5) is 20.6. The Kier molecular flexibility index (Phi) is 3.30. The van der Waals surface area contributed by atoms with Crippen molar-refractivity contribution in [3.8, 4) is 0 Å². The van der Waals surface area contributed by atoms with Gasteiger partial charge in [-0.2, -0.15) is 0 Å². The van der Waals surface area contributed by atoms with Gasteiger partial charge in [0.15, 0.2) is 0 Å². The molecule has 2 aromatic carbocycles. The smallest absolute Gasteiger partial charge is 0.246 e. The fourth-order valence-corrected chi connectivity index (χ4v) is 2.74. The normalized spacial score (nSPS) is 16.2. The zero-order valence-electron chi connectivity index (χ0n) is 13.4. The summed E-state index contributed by atoms with van der Waals surface area (Å²) >= 11 is 0. The van der Waals surface area contributed by atoms with E-state index in [9.17, 15) is 4.79 Å². The second-order valence-corrected chi connectivity index (χ2v) is 5.98. The van der Waals surface area contributed by atoms with E-state index >= 15 is 0 Å². The molecule has 0 saturated heterocycles. The highest BCUT2D eigenvalue weighted by Crippen LogP contribution is 2.33. The predicted molar refractivity (Wildman–Crippen MR) is 95.7 cm³/mol. The number of hydrogen-bond acceptors (Lipinski definition) is 5. The molecule has 0 fully saturated rings. The van der Waals surface area contributed by atoms with Gasteiger partial charge in [-0.25, -0.2) is 9.97 Å². The highest BCUT2D eigenvalue weighted by Gasteiger charge is 2.22. The van der Waals surface area contributed by atoms with Gasteiger partial charge in [-0.1, -0.05) is 17.7 Å². The first kappa shape index (κ1) is 14.4. The SMILES string of the molecule is Cc1ccc(Nc2ncnc3cc4c(cc23)NC(=O)[C@H](C)N4)cc1. The van der Waals surface area contributed by atoms with Crippen molar-refractivity contribution in [3.05, 3.63) is 48.3 Å². The van der Waals surface area contributed by atoms with Gasteiger partial charge in [-0.3, -0.25) is 4.79 Å². The molecule has 2 heterocycles. The van der Waals surface area contributed by atoms with E-state index in [1.807, 2.05) is 50.2 Å². The number of nitrogens with zero attached hydrogens (tertiary/aromatic N) is 2. The molecule has 0 unspecified atom stereocenters. The maximum atomic E-state index is 11.9. The Morgan fingerprint density at radius 3 is 2.67 bits per heavy atom.